The zero-order valence-corrected chi connectivity index (χ0v) is 18.2. The van der Waals surface area contributed by atoms with Gasteiger partial charge in [-0.25, -0.2) is 0 Å². The molecule has 1 aromatic heterocycles. The van der Waals surface area contributed by atoms with Gasteiger partial charge in [-0.2, -0.15) is 0 Å². The van der Waals surface area contributed by atoms with Crippen LogP contribution in [0.2, 0.25) is 5.02 Å². The summed E-state index contributed by atoms with van der Waals surface area (Å²) >= 11 is 7.43. The minimum atomic E-state index is -0.737. The van der Waals surface area contributed by atoms with Gasteiger partial charge < -0.3 is 15.0 Å². The van der Waals surface area contributed by atoms with Crippen LogP contribution in [-0.4, -0.2) is 43.0 Å². The summed E-state index contributed by atoms with van der Waals surface area (Å²) in [5.74, 6) is -0.323. The molecular formula is C22H27ClN2O3S. The first kappa shape index (κ1) is 21.8. The van der Waals surface area contributed by atoms with Crippen LogP contribution in [0.1, 0.15) is 53.4 Å². The number of amides is 2. The number of hydrogen-bond donors (Lipinski definition) is 1. The molecule has 1 fully saturated rings. The summed E-state index contributed by atoms with van der Waals surface area (Å²) in [6, 6.07) is 10.2. The Morgan fingerprint density at radius 1 is 1.21 bits per heavy atom. The second kappa shape index (κ2) is 10.8. The van der Waals surface area contributed by atoms with Gasteiger partial charge in [-0.05, 0) is 42.0 Å². The lowest BCUT2D eigenvalue weighted by Crippen LogP contribution is -2.47. The molecule has 1 aliphatic carbocycles. The molecule has 7 heteroatoms. The highest BCUT2D eigenvalue weighted by Gasteiger charge is 2.33. The Balaban J connectivity index is 1.92. The monoisotopic (exact) mass is 434 g/mol. The van der Waals surface area contributed by atoms with E-state index in [9.17, 15) is 9.59 Å². The maximum atomic E-state index is 13.4. The van der Waals surface area contributed by atoms with Crippen molar-refractivity contribution in [2.24, 2.45) is 0 Å². The Bertz CT molecular complexity index is 789. The first-order valence-electron chi connectivity index (χ1n) is 9.99. The third-order valence-corrected chi connectivity index (χ3v) is 6.34. The average Bonchev–Trinajstić information content (AvgIpc) is 3.27. The molecule has 156 valence electrons. The lowest BCUT2D eigenvalue weighted by atomic mass is 9.94. The number of ether oxygens (including phenoxy) is 1. The molecule has 1 N–H and O–H groups in total. The SMILES string of the molecule is COCCN(C(=O)c1cccs1)[C@H](C(=O)NC1CCCCC1)c1ccc(Cl)cc1. The van der Waals surface area contributed by atoms with Crippen LogP contribution in [0.15, 0.2) is 41.8 Å². The number of hydrogen-bond acceptors (Lipinski definition) is 4. The summed E-state index contributed by atoms with van der Waals surface area (Å²) in [5, 5.41) is 5.64. The van der Waals surface area contributed by atoms with Crippen LogP contribution in [0.3, 0.4) is 0 Å². The van der Waals surface area contributed by atoms with E-state index >= 15 is 0 Å². The molecule has 0 aliphatic heterocycles. The van der Waals surface area contributed by atoms with E-state index in [0.717, 1.165) is 31.2 Å². The Kier molecular flexibility index (Phi) is 8.09. The van der Waals surface area contributed by atoms with E-state index in [1.54, 1.807) is 30.2 Å². The Morgan fingerprint density at radius 3 is 2.55 bits per heavy atom. The molecule has 1 aliphatic rings. The summed E-state index contributed by atoms with van der Waals surface area (Å²) in [7, 11) is 1.59. The molecule has 0 radical (unpaired) electrons. The zero-order valence-electron chi connectivity index (χ0n) is 16.6. The lowest BCUT2D eigenvalue weighted by Gasteiger charge is -2.33. The van der Waals surface area contributed by atoms with Gasteiger partial charge in [0, 0.05) is 24.7 Å². The van der Waals surface area contributed by atoms with Crippen molar-refractivity contribution < 1.29 is 14.3 Å². The minimum absolute atomic E-state index is 0.153. The van der Waals surface area contributed by atoms with Gasteiger partial charge in [-0.15, -0.1) is 11.3 Å². The quantitative estimate of drug-likeness (QED) is 0.656. The van der Waals surface area contributed by atoms with E-state index in [-0.39, 0.29) is 17.9 Å². The van der Waals surface area contributed by atoms with Crippen LogP contribution < -0.4 is 5.32 Å². The van der Waals surface area contributed by atoms with Crippen LogP contribution in [0.4, 0.5) is 0 Å². The second-order valence-corrected chi connectivity index (χ2v) is 8.65. The zero-order chi connectivity index (χ0) is 20.6. The van der Waals surface area contributed by atoms with Crippen LogP contribution in [0, 0.1) is 0 Å². The summed E-state index contributed by atoms with van der Waals surface area (Å²) < 4.78 is 5.23. The molecule has 0 saturated heterocycles. The molecule has 1 heterocycles. The van der Waals surface area contributed by atoms with Crippen LogP contribution in [-0.2, 0) is 9.53 Å². The van der Waals surface area contributed by atoms with Crippen molar-refractivity contribution in [1.82, 2.24) is 10.2 Å². The van der Waals surface area contributed by atoms with Crippen molar-refractivity contribution in [3.8, 4) is 0 Å². The van der Waals surface area contributed by atoms with Gasteiger partial charge in [0.2, 0.25) is 5.91 Å². The molecule has 3 rings (SSSR count). The number of halogens is 1. The fraction of sp³-hybridized carbons (Fsp3) is 0.455. The molecule has 2 aromatic rings. The summed E-state index contributed by atoms with van der Waals surface area (Å²) in [6.45, 7) is 0.663. The Labute approximate surface area is 181 Å². The highest BCUT2D eigenvalue weighted by atomic mass is 35.5. The molecular weight excluding hydrogens is 408 g/mol. The molecule has 5 nitrogen and oxygen atoms in total. The van der Waals surface area contributed by atoms with Gasteiger partial charge in [0.05, 0.1) is 11.5 Å². The largest absolute Gasteiger partial charge is 0.383 e. The normalized spacial score (nSPS) is 15.7. The average molecular weight is 435 g/mol. The van der Waals surface area contributed by atoms with Gasteiger partial charge in [0.15, 0.2) is 0 Å². The molecule has 2 amide bonds. The molecule has 0 bridgehead atoms. The Morgan fingerprint density at radius 2 is 1.93 bits per heavy atom. The van der Waals surface area contributed by atoms with E-state index in [4.69, 9.17) is 16.3 Å². The number of carbonyl (C=O) groups is 2. The topological polar surface area (TPSA) is 58.6 Å². The smallest absolute Gasteiger partial charge is 0.264 e. The fourth-order valence-electron chi connectivity index (χ4n) is 3.72. The first-order chi connectivity index (χ1) is 14.1. The van der Waals surface area contributed by atoms with Gasteiger partial charge in [0.25, 0.3) is 5.91 Å². The molecule has 1 aromatic carbocycles. The number of nitrogens with one attached hydrogen (secondary N) is 1. The number of carbonyl (C=O) groups excluding carboxylic acids is 2. The van der Waals surface area contributed by atoms with E-state index in [0.29, 0.717) is 23.1 Å². The summed E-state index contributed by atoms with van der Waals surface area (Å²) in [6.07, 6.45) is 5.42. The second-order valence-electron chi connectivity index (χ2n) is 7.27. The predicted molar refractivity (Wildman–Crippen MR) is 116 cm³/mol. The van der Waals surface area contributed by atoms with E-state index < -0.39 is 6.04 Å². The van der Waals surface area contributed by atoms with Crippen molar-refractivity contribution in [1.29, 1.82) is 0 Å². The first-order valence-corrected chi connectivity index (χ1v) is 11.2. The molecule has 29 heavy (non-hydrogen) atoms. The van der Waals surface area contributed by atoms with Crippen LogP contribution >= 0.6 is 22.9 Å². The highest BCUT2D eigenvalue weighted by Crippen LogP contribution is 2.27. The number of rotatable bonds is 8. The molecule has 0 unspecified atom stereocenters. The van der Waals surface area contributed by atoms with Gasteiger partial charge in [-0.1, -0.05) is 49.1 Å². The van der Waals surface area contributed by atoms with Gasteiger partial charge >= 0.3 is 0 Å². The standard InChI is InChI=1S/C22H27ClN2O3S/c1-28-14-13-25(22(27)19-8-5-15-29-19)20(16-9-11-17(23)12-10-16)21(26)24-18-6-3-2-4-7-18/h5,8-12,15,18,20H,2-4,6-7,13-14H2,1H3,(H,24,26)/t20-/m0/s1. The summed E-state index contributed by atoms with van der Waals surface area (Å²) in [4.78, 5) is 28.9. The van der Waals surface area contributed by atoms with Gasteiger partial charge in [-0.3, -0.25) is 9.59 Å². The van der Waals surface area contributed by atoms with Crippen molar-refractivity contribution in [3.05, 3.63) is 57.2 Å². The Hall–Kier alpha value is -1.89. The third-order valence-electron chi connectivity index (χ3n) is 5.23. The number of methoxy groups -OCH3 is 1. The fourth-order valence-corrected chi connectivity index (χ4v) is 4.53. The van der Waals surface area contributed by atoms with Crippen LogP contribution in [0.25, 0.3) is 0 Å². The van der Waals surface area contributed by atoms with Crippen molar-refractivity contribution >= 4 is 34.8 Å². The van der Waals surface area contributed by atoms with Crippen molar-refractivity contribution in [2.75, 3.05) is 20.3 Å². The van der Waals surface area contributed by atoms with E-state index in [1.165, 1.54) is 17.8 Å². The van der Waals surface area contributed by atoms with E-state index in [2.05, 4.69) is 5.32 Å². The maximum absolute atomic E-state index is 13.4. The molecule has 1 atom stereocenters. The summed E-state index contributed by atoms with van der Waals surface area (Å²) in [5.41, 5.74) is 0.740. The number of benzene rings is 1. The van der Waals surface area contributed by atoms with Crippen molar-refractivity contribution in [2.45, 2.75) is 44.2 Å². The number of thiophene rings is 1. The molecule has 0 spiro atoms. The number of nitrogens with zero attached hydrogens (tertiary/aromatic N) is 1. The predicted octanol–water partition coefficient (Wildman–Crippen LogP) is 4.68. The minimum Gasteiger partial charge on any atom is -0.383 e. The molecule has 1 saturated carbocycles. The highest BCUT2D eigenvalue weighted by molar-refractivity contribution is 7.12. The maximum Gasteiger partial charge on any atom is 0.264 e. The third kappa shape index (κ3) is 5.81. The van der Waals surface area contributed by atoms with Crippen LogP contribution in [0.5, 0.6) is 0 Å². The lowest BCUT2D eigenvalue weighted by molar-refractivity contribution is -0.127. The van der Waals surface area contributed by atoms with E-state index in [1.807, 2.05) is 23.6 Å². The van der Waals surface area contributed by atoms with Crippen molar-refractivity contribution in [3.63, 3.8) is 0 Å². The van der Waals surface area contributed by atoms with Gasteiger partial charge in [0.1, 0.15) is 6.04 Å².